The van der Waals surface area contributed by atoms with Crippen LogP contribution in [0.25, 0.3) is 0 Å². The number of nitrogens with one attached hydrogen (secondary N) is 2. The van der Waals surface area contributed by atoms with Crippen LogP contribution in [0.1, 0.15) is 25.5 Å². The largest absolute Gasteiger partial charge is 0.484 e. The fourth-order valence-electron chi connectivity index (χ4n) is 2.38. The third-order valence-electron chi connectivity index (χ3n) is 4.10. The number of nitrogens with zero attached hydrogens (tertiary/aromatic N) is 1. The molecule has 0 saturated carbocycles. The summed E-state index contributed by atoms with van der Waals surface area (Å²) in [5, 5.41) is 6.16. The van der Waals surface area contributed by atoms with Crippen LogP contribution < -0.4 is 15.4 Å². The number of benzene rings is 2. The maximum Gasteiger partial charge on any atom is 0.322 e. The molecule has 2 N–H and O–H groups in total. The molecule has 0 bridgehead atoms. The van der Waals surface area contributed by atoms with Crippen LogP contribution in [0.4, 0.5) is 10.5 Å². The highest BCUT2D eigenvalue weighted by molar-refractivity contribution is 6.30. The van der Waals surface area contributed by atoms with Gasteiger partial charge in [-0.1, -0.05) is 23.7 Å². The van der Waals surface area contributed by atoms with Crippen molar-refractivity contribution in [1.29, 1.82) is 0 Å². The number of hydrogen-bond acceptors (Lipinski definition) is 3. The lowest BCUT2D eigenvalue weighted by molar-refractivity contribution is -0.122. The van der Waals surface area contributed by atoms with E-state index in [0.29, 0.717) is 23.0 Å². The van der Waals surface area contributed by atoms with Crippen molar-refractivity contribution in [2.24, 2.45) is 0 Å². The molecule has 0 heterocycles. The van der Waals surface area contributed by atoms with Crippen molar-refractivity contribution in [2.75, 3.05) is 25.5 Å². The van der Waals surface area contributed by atoms with Gasteiger partial charge in [-0.15, -0.1) is 0 Å². The summed E-state index contributed by atoms with van der Waals surface area (Å²) in [6.45, 7) is 4.32. The molecule has 2 aromatic rings. The van der Waals surface area contributed by atoms with E-state index >= 15 is 0 Å². The zero-order valence-electron chi connectivity index (χ0n) is 15.7. The lowest BCUT2D eigenvalue weighted by Crippen LogP contribution is -2.33. The Hall–Kier alpha value is -2.73. The summed E-state index contributed by atoms with van der Waals surface area (Å²) < 4.78 is 5.39. The predicted octanol–water partition coefficient (Wildman–Crippen LogP) is 4.08. The average Bonchev–Trinajstić information content (AvgIpc) is 2.67. The monoisotopic (exact) mass is 389 g/mol. The van der Waals surface area contributed by atoms with Crippen LogP contribution in [0.3, 0.4) is 0 Å². The third-order valence-corrected chi connectivity index (χ3v) is 4.36. The van der Waals surface area contributed by atoms with Gasteiger partial charge in [0.1, 0.15) is 5.75 Å². The molecule has 0 aromatic heterocycles. The van der Waals surface area contributed by atoms with Gasteiger partial charge in [-0.05, 0) is 55.8 Å². The first-order chi connectivity index (χ1) is 12.9. The number of halogens is 1. The third kappa shape index (κ3) is 6.18. The van der Waals surface area contributed by atoms with Gasteiger partial charge in [-0.25, -0.2) is 4.79 Å². The first-order valence-corrected chi connectivity index (χ1v) is 9.07. The number of carbonyl (C=O) groups excluding carboxylic acids is 2. The molecule has 0 aliphatic rings. The minimum atomic E-state index is -0.228. The Morgan fingerprint density at radius 2 is 1.74 bits per heavy atom. The Labute approximate surface area is 164 Å². The van der Waals surface area contributed by atoms with E-state index in [1.54, 1.807) is 48.3 Å². The molecule has 27 heavy (non-hydrogen) atoms. The standard InChI is InChI=1S/C20H24ClN3O3/c1-4-22-19(25)13-27-18-11-9-17(10-12-18)23-20(26)24(3)14(2)15-5-7-16(21)8-6-15/h5-12,14H,4,13H2,1-3H3,(H,22,25)(H,23,26). The summed E-state index contributed by atoms with van der Waals surface area (Å²) in [6.07, 6.45) is 0. The van der Waals surface area contributed by atoms with Crippen LogP contribution in [0, 0.1) is 0 Å². The fourth-order valence-corrected chi connectivity index (χ4v) is 2.51. The van der Waals surface area contributed by atoms with Gasteiger partial charge in [0.05, 0.1) is 6.04 Å². The van der Waals surface area contributed by atoms with E-state index in [1.165, 1.54) is 0 Å². The summed E-state index contributed by atoms with van der Waals surface area (Å²) in [5.74, 6) is 0.384. The average molecular weight is 390 g/mol. The van der Waals surface area contributed by atoms with Crippen LogP contribution in [0.5, 0.6) is 5.75 Å². The van der Waals surface area contributed by atoms with Crippen molar-refractivity contribution in [1.82, 2.24) is 10.2 Å². The Morgan fingerprint density at radius 1 is 1.11 bits per heavy atom. The summed E-state index contributed by atoms with van der Waals surface area (Å²) in [5.41, 5.74) is 1.63. The number of rotatable bonds is 7. The van der Waals surface area contributed by atoms with Crippen molar-refractivity contribution in [2.45, 2.75) is 19.9 Å². The molecule has 0 saturated heterocycles. The molecule has 7 heteroatoms. The summed E-state index contributed by atoms with van der Waals surface area (Å²) in [7, 11) is 1.73. The Morgan fingerprint density at radius 3 is 2.33 bits per heavy atom. The second-order valence-electron chi connectivity index (χ2n) is 6.04. The van der Waals surface area contributed by atoms with E-state index in [0.717, 1.165) is 5.56 Å². The van der Waals surface area contributed by atoms with Crippen LogP contribution in [-0.4, -0.2) is 37.0 Å². The number of ether oxygens (including phenoxy) is 1. The van der Waals surface area contributed by atoms with Gasteiger partial charge in [0.25, 0.3) is 5.91 Å². The van der Waals surface area contributed by atoms with Crippen LogP contribution in [-0.2, 0) is 4.79 Å². The van der Waals surface area contributed by atoms with Gasteiger partial charge >= 0.3 is 6.03 Å². The van der Waals surface area contributed by atoms with Crippen LogP contribution in [0.2, 0.25) is 5.02 Å². The molecule has 3 amide bonds. The summed E-state index contributed by atoms with van der Waals surface area (Å²) in [4.78, 5) is 25.5. The van der Waals surface area contributed by atoms with Gasteiger partial charge in [-0.2, -0.15) is 0 Å². The van der Waals surface area contributed by atoms with Gasteiger partial charge in [-0.3, -0.25) is 4.79 Å². The molecule has 1 atom stereocenters. The number of likely N-dealkylation sites (N-methyl/N-ethyl adjacent to an activating group) is 1. The maximum atomic E-state index is 12.5. The Balaban J connectivity index is 1.90. The molecule has 144 valence electrons. The second kappa shape index (κ2) is 9.83. The van der Waals surface area contributed by atoms with E-state index in [4.69, 9.17) is 16.3 Å². The molecule has 2 rings (SSSR count). The molecule has 0 aliphatic carbocycles. The quantitative estimate of drug-likeness (QED) is 0.749. The van der Waals surface area contributed by atoms with E-state index in [9.17, 15) is 9.59 Å². The van der Waals surface area contributed by atoms with Gasteiger partial charge < -0.3 is 20.3 Å². The van der Waals surface area contributed by atoms with E-state index < -0.39 is 0 Å². The highest BCUT2D eigenvalue weighted by Crippen LogP contribution is 2.22. The van der Waals surface area contributed by atoms with Crippen molar-refractivity contribution in [3.8, 4) is 5.75 Å². The highest BCUT2D eigenvalue weighted by Gasteiger charge is 2.17. The summed E-state index contributed by atoms with van der Waals surface area (Å²) in [6, 6.07) is 13.9. The van der Waals surface area contributed by atoms with Crippen molar-refractivity contribution in [3.05, 3.63) is 59.1 Å². The molecular weight excluding hydrogens is 366 g/mol. The predicted molar refractivity (Wildman–Crippen MR) is 107 cm³/mol. The number of urea groups is 1. The molecule has 1 unspecified atom stereocenters. The smallest absolute Gasteiger partial charge is 0.322 e. The molecule has 2 aromatic carbocycles. The lowest BCUT2D eigenvalue weighted by Gasteiger charge is -2.25. The van der Waals surface area contributed by atoms with E-state index in [2.05, 4.69) is 10.6 Å². The SMILES string of the molecule is CCNC(=O)COc1ccc(NC(=O)N(C)C(C)c2ccc(Cl)cc2)cc1. The topological polar surface area (TPSA) is 70.7 Å². The number of amides is 3. The molecule has 6 nitrogen and oxygen atoms in total. The highest BCUT2D eigenvalue weighted by atomic mass is 35.5. The summed E-state index contributed by atoms with van der Waals surface area (Å²) >= 11 is 5.91. The van der Waals surface area contributed by atoms with Gasteiger partial charge in [0.15, 0.2) is 6.61 Å². The zero-order chi connectivity index (χ0) is 19.8. The van der Waals surface area contributed by atoms with Crippen LogP contribution in [0.15, 0.2) is 48.5 Å². The fraction of sp³-hybridized carbons (Fsp3) is 0.300. The first kappa shape index (κ1) is 20.6. The maximum absolute atomic E-state index is 12.5. The Kier molecular flexibility index (Phi) is 7.49. The molecular formula is C20H24ClN3O3. The minimum Gasteiger partial charge on any atom is -0.484 e. The van der Waals surface area contributed by atoms with Crippen LogP contribution >= 0.6 is 11.6 Å². The molecule has 0 radical (unpaired) electrons. The van der Waals surface area contributed by atoms with E-state index in [-0.39, 0.29) is 24.6 Å². The molecule has 0 aliphatic heterocycles. The van der Waals surface area contributed by atoms with Crippen molar-refractivity contribution in [3.63, 3.8) is 0 Å². The molecule has 0 fully saturated rings. The second-order valence-corrected chi connectivity index (χ2v) is 6.47. The van der Waals surface area contributed by atoms with Crippen molar-refractivity contribution < 1.29 is 14.3 Å². The lowest BCUT2D eigenvalue weighted by atomic mass is 10.1. The normalized spacial score (nSPS) is 11.4. The minimum absolute atomic E-state index is 0.0408. The van der Waals surface area contributed by atoms with Gasteiger partial charge in [0, 0.05) is 24.3 Å². The van der Waals surface area contributed by atoms with Gasteiger partial charge in [0.2, 0.25) is 0 Å². The number of anilines is 1. The number of hydrogen-bond donors (Lipinski definition) is 2. The van der Waals surface area contributed by atoms with Crippen molar-refractivity contribution >= 4 is 29.2 Å². The number of carbonyl (C=O) groups is 2. The Bertz CT molecular complexity index is 763. The first-order valence-electron chi connectivity index (χ1n) is 8.69. The van der Waals surface area contributed by atoms with E-state index in [1.807, 2.05) is 26.0 Å². The zero-order valence-corrected chi connectivity index (χ0v) is 16.4. The molecule has 0 spiro atoms.